The van der Waals surface area contributed by atoms with Crippen molar-refractivity contribution in [1.82, 2.24) is 24.5 Å². The van der Waals surface area contributed by atoms with Crippen LogP contribution in [0.2, 0.25) is 0 Å². The molecule has 13 heteroatoms. The van der Waals surface area contributed by atoms with Gasteiger partial charge in [-0.05, 0) is 43.0 Å². The van der Waals surface area contributed by atoms with Crippen LogP contribution in [0.3, 0.4) is 0 Å². The fraction of sp³-hybridized carbons (Fsp3) is 0.429. The number of fused-ring (bicyclic) bond motifs is 4. The van der Waals surface area contributed by atoms with Gasteiger partial charge >= 0.3 is 0 Å². The van der Waals surface area contributed by atoms with E-state index in [1.54, 1.807) is 41.4 Å². The van der Waals surface area contributed by atoms with Gasteiger partial charge in [0.1, 0.15) is 24.0 Å². The first-order valence-corrected chi connectivity index (χ1v) is 16.3. The van der Waals surface area contributed by atoms with Gasteiger partial charge in [0.05, 0.1) is 79.5 Å². The molecule has 5 aliphatic heterocycles. The van der Waals surface area contributed by atoms with Crippen LogP contribution in [0.1, 0.15) is 36.0 Å². The Morgan fingerprint density at radius 1 is 1.02 bits per heavy atom. The average Bonchev–Trinajstić information content (AvgIpc) is 3.83. The number of ether oxygens (including phenoxy) is 3. The maximum atomic E-state index is 13.1. The quantitative estimate of drug-likeness (QED) is 0.266. The van der Waals surface area contributed by atoms with E-state index in [4.69, 9.17) is 29.4 Å². The molecule has 0 aliphatic carbocycles. The van der Waals surface area contributed by atoms with Crippen molar-refractivity contribution < 1.29 is 24.1 Å². The maximum absolute atomic E-state index is 13.1. The second kappa shape index (κ2) is 12.5. The lowest BCUT2D eigenvalue weighted by Gasteiger charge is -2.56. The van der Waals surface area contributed by atoms with Gasteiger partial charge in [-0.3, -0.25) is 4.79 Å². The molecule has 244 valence electrons. The molecule has 3 aromatic heterocycles. The van der Waals surface area contributed by atoms with E-state index in [0.717, 1.165) is 36.0 Å². The zero-order chi connectivity index (χ0) is 32.8. The number of hydrogen-bond acceptors (Lipinski definition) is 11. The Bertz CT molecular complexity index is 1900. The number of rotatable bonds is 9. The van der Waals surface area contributed by atoms with Crippen molar-refractivity contribution in [3.63, 3.8) is 0 Å². The summed E-state index contributed by atoms with van der Waals surface area (Å²) in [5.41, 5.74) is 4.06. The van der Waals surface area contributed by atoms with E-state index >= 15 is 0 Å². The number of nitriles is 2. The lowest BCUT2D eigenvalue weighted by Crippen LogP contribution is -2.70. The topological polar surface area (TPSA) is 162 Å². The number of carbonyl (C=O) groups excluding carboxylic acids is 1. The number of nitrogens with zero attached hydrogens (tertiary/aromatic N) is 8. The monoisotopic (exact) mass is 646 g/mol. The standard InChI is InChI=1S/C35H34N8O5/c36-11-22-5-3-21(4-6-22)8-31(45)43-26-9-27(43)17-41(16-26)35-38-13-25(14-39-35)29-10-28(18-42-32(29)24(12-37)15-40-42)46-7-1-2-23-19-47-34-30(44)20-48-33(23)34/h3-6,10,13-15,18,23,26-27,30,33-34,44H,1-2,7-9,16-17,19-20H2. The summed E-state index contributed by atoms with van der Waals surface area (Å²) in [5.74, 6) is 1.55. The van der Waals surface area contributed by atoms with Crippen molar-refractivity contribution in [3.8, 4) is 29.0 Å². The summed E-state index contributed by atoms with van der Waals surface area (Å²) < 4.78 is 19.3. The highest BCUT2D eigenvalue weighted by molar-refractivity contribution is 5.85. The van der Waals surface area contributed by atoms with Gasteiger partial charge in [0, 0.05) is 42.5 Å². The predicted octanol–water partition coefficient (Wildman–Crippen LogP) is 2.50. The SMILES string of the molecule is N#Cc1ccc(CC(=O)N2C3CC2CN(c2ncc(-c4cc(OCCCC5COC6C(O)COC56)cn5ncc(C#N)c45)cn2)C3)cc1. The third-order valence-electron chi connectivity index (χ3n) is 9.98. The molecule has 5 aliphatic rings. The van der Waals surface area contributed by atoms with Gasteiger partial charge in [0.15, 0.2) is 0 Å². The Morgan fingerprint density at radius 3 is 2.54 bits per heavy atom. The molecule has 9 rings (SSSR count). The summed E-state index contributed by atoms with van der Waals surface area (Å²) in [6.45, 7) is 2.70. The minimum absolute atomic E-state index is 0.0587. The zero-order valence-corrected chi connectivity index (χ0v) is 26.2. The van der Waals surface area contributed by atoms with E-state index in [9.17, 15) is 15.2 Å². The molecule has 0 radical (unpaired) electrons. The smallest absolute Gasteiger partial charge is 0.227 e. The van der Waals surface area contributed by atoms with Gasteiger partial charge in [0.2, 0.25) is 11.9 Å². The van der Waals surface area contributed by atoms with Gasteiger partial charge in [0.25, 0.3) is 0 Å². The Morgan fingerprint density at radius 2 is 1.79 bits per heavy atom. The number of piperazine rings is 1. The summed E-state index contributed by atoms with van der Waals surface area (Å²) in [6, 6.07) is 13.6. The second-order valence-electron chi connectivity index (χ2n) is 13.0. The van der Waals surface area contributed by atoms with Crippen LogP contribution in [0.4, 0.5) is 5.95 Å². The number of aromatic nitrogens is 4. The molecule has 8 heterocycles. The molecule has 1 amide bonds. The minimum atomic E-state index is -0.551. The normalized spacial score (nSPS) is 25.7. The highest BCUT2D eigenvalue weighted by Gasteiger charge is 2.48. The molecule has 6 unspecified atom stereocenters. The molecule has 48 heavy (non-hydrogen) atoms. The third-order valence-corrected chi connectivity index (χ3v) is 9.98. The summed E-state index contributed by atoms with van der Waals surface area (Å²) in [7, 11) is 0. The largest absolute Gasteiger partial charge is 0.492 e. The van der Waals surface area contributed by atoms with Crippen LogP contribution in [-0.4, -0.2) is 98.8 Å². The van der Waals surface area contributed by atoms with Crippen LogP contribution in [0.25, 0.3) is 16.6 Å². The van der Waals surface area contributed by atoms with E-state index in [1.807, 2.05) is 23.1 Å². The Hall–Kier alpha value is -5.08. The number of aliphatic hydroxyl groups is 1. The van der Waals surface area contributed by atoms with Gasteiger partial charge < -0.3 is 29.1 Å². The first-order valence-electron chi connectivity index (χ1n) is 16.3. The first kappa shape index (κ1) is 30.3. The minimum Gasteiger partial charge on any atom is -0.492 e. The molecule has 0 spiro atoms. The lowest BCUT2D eigenvalue weighted by molar-refractivity contribution is -0.145. The Balaban J connectivity index is 0.922. The van der Waals surface area contributed by atoms with Crippen molar-refractivity contribution in [2.45, 2.75) is 56.1 Å². The molecule has 13 nitrogen and oxygen atoms in total. The average molecular weight is 647 g/mol. The number of carbonyl (C=O) groups is 1. The van der Waals surface area contributed by atoms with Gasteiger partial charge in [-0.25, -0.2) is 14.5 Å². The third kappa shape index (κ3) is 5.50. The fourth-order valence-corrected chi connectivity index (χ4v) is 7.59. The molecule has 6 atom stereocenters. The van der Waals surface area contributed by atoms with Crippen LogP contribution in [0.15, 0.2) is 55.1 Å². The highest BCUT2D eigenvalue weighted by Crippen LogP contribution is 2.36. The van der Waals surface area contributed by atoms with Crippen molar-refractivity contribution >= 4 is 17.4 Å². The Labute approximate surface area is 276 Å². The van der Waals surface area contributed by atoms with Crippen molar-refractivity contribution in [3.05, 3.63) is 71.8 Å². The molecule has 1 N–H and O–H groups in total. The number of hydrogen-bond donors (Lipinski definition) is 1. The van der Waals surface area contributed by atoms with Crippen LogP contribution < -0.4 is 9.64 Å². The molecule has 2 bridgehead atoms. The maximum Gasteiger partial charge on any atom is 0.227 e. The summed E-state index contributed by atoms with van der Waals surface area (Å²) in [4.78, 5) is 26.6. The Kier molecular flexibility index (Phi) is 7.89. The van der Waals surface area contributed by atoms with E-state index in [1.165, 1.54) is 0 Å². The van der Waals surface area contributed by atoms with Gasteiger partial charge in [-0.15, -0.1) is 0 Å². The molecule has 5 saturated heterocycles. The van der Waals surface area contributed by atoms with Crippen molar-refractivity contribution in [2.75, 3.05) is 37.8 Å². The fourth-order valence-electron chi connectivity index (χ4n) is 7.59. The molecular formula is C35H34N8O5. The molecule has 4 aromatic rings. The van der Waals surface area contributed by atoms with Crippen LogP contribution >= 0.6 is 0 Å². The van der Waals surface area contributed by atoms with Crippen molar-refractivity contribution in [2.24, 2.45) is 5.92 Å². The number of pyridine rings is 1. The summed E-state index contributed by atoms with van der Waals surface area (Å²) in [6.07, 6.45) is 8.93. The number of aliphatic hydroxyl groups excluding tert-OH is 1. The number of anilines is 1. The van der Waals surface area contributed by atoms with E-state index in [2.05, 4.69) is 22.1 Å². The molecular weight excluding hydrogens is 612 g/mol. The number of piperidine rings is 1. The number of benzene rings is 1. The first-order chi connectivity index (χ1) is 23.5. The predicted molar refractivity (Wildman–Crippen MR) is 171 cm³/mol. The van der Waals surface area contributed by atoms with E-state index < -0.39 is 6.10 Å². The van der Waals surface area contributed by atoms with Crippen LogP contribution in [0.5, 0.6) is 5.75 Å². The van der Waals surface area contributed by atoms with Gasteiger partial charge in [-0.2, -0.15) is 15.6 Å². The molecule has 1 aromatic carbocycles. The molecule has 5 fully saturated rings. The summed E-state index contributed by atoms with van der Waals surface area (Å²) in [5, 5.41) is 33.2. The highest BCUT2D eigenvalue weighted by atomic mass is 16.6. The summed E-state index contributed by atoms with van der Waals surface area (Å²) >= 11 is 0. The molecule has 0 saturated carbocycles. The van der Waals surface area contributed by atoms with Crippen LogP contribution in [0, 0.1) is 28.6 Å². The van der Waals surface area contributed by atoms with Gasteiger partial charge in [-0.1, -0.05) is 12.1 Å². The van der Waals surface area contributed by atoms with E-state index in [0.29, 0.717) is 67.7 Å². The number of amides is 1. The zero-order valence-electron chi connectivity index (χ0n) is 26.2. The lowest BCUT2D eigenvalue weighted by atomic mass is 9.86. The van der Waals surface area contributed by atoms with Crippen molar-refractivity contribution in [1.29, 1.82) is 10.5 Å². The van der Waals surface area contributed by atoms with E-state index in [-0.39, 0.29) is 36.1 Å². The van der Waals surface area contributed by atoms with Crippen LogP contribution in [-0.2, 0) is 20.7 Å². The second-order valence-corrected chi connectivity index (χ2v) is 13.0.